The molecule has 1 heteroatoms. The van der Waals surface area contributed by atoms with Crippen molar-refractivity contribution in [2.75, 3.05) is 0 Å². The maximum absolute atomic E-state index is 4.81. The lowest BCUT2D eigenvalue weighted by Gasteiger charge is -1.86. The Hall–Kier alpha value is -1.39. The van der Waals surface area contributed by atoms with Gasteiger partial charge in [0, 0.05) is 0 Å². The second-order valence-corrected chi connectivity index (χ2v) is 3.88. The Morgan fingerprint density at radius 1 is 1.22 bits per heavy atom. The quantitative estimate of drug-likeness (QED) is 0.387. The molecule has 0 radical (unpaired) electrons. The zero-order valence-corrected chi connectivity index (χ0v) is 13.0. The fourth-order valence-electron chi connectivity index (χ4n) is 0.840. The molecule has 1 rings (SSSR count). The molecule has 0 unspecified atom stereocenters. The zero-order valence-electron chi connectivity index (χ0n) is 12.1. The minimum atomic E-state index is 1.01. The molecule has 0 nitrogen and oxygen atoms in total. The molecule has 0 heterocycles. The van der Waals surface area contributed by atoms with Crippen molar-refractivity contribution >= 4 is 17.1 Å². The molecule has 0 amide bonds. The van der Waals surface area contributed by atoms with E-state index in [1.165, 1.54) is 5.56 Å². The van der Waals surface area contributed by atoms with Gasteiger partial charge in [-0.3, -0.25) is 0 Å². The number of rotatable bonds is 3. The van der Waals surface area contributed by atoms with Crippen molar-refractivity contribution in [1.82, 2.24) is 0 Å². The number of hydrogen-bond acceptors (Lipinski definition) is 1. The van der Waals surface area contributed by atoms with Crippen molar-refractivity contribution in [2.24, 2.45) is 0 Å². The molecule has 0 aliphatic rings. The second kappa shape index (κ2) is 21.0. The van der Waals surface area contributed by atoms with Crippen LogP contribution in [0.5, 0.6) is 0 Å². The van der Waals surface area contributed by atoms with Gasteiger partial charge in [0.05, 0.1) is 0 Å². The Labute approximate surface area is 119 Å². The van der Waals surface area contributed by atoms with Crippen LogP contribution < -0.4 is 0 Å². The number of benzene rings is 1. The van der Waals surface area contributed by atoms with Gasteiger partial charge in [-0.25, -0.2) is 0 Å². The van der Waals surface area contributed by atoms with E-state index >= 15 is 0 Å². The van der Waals surface area contributed by atoms with E-state index in [1.807, 2.05) is 45.0 Å². The first-order chi connectivity index (χ1) is 8.66. The third-order valence-electron chi connectivity index (χ3n) is 1.64. The number of allylic oxidation sites excluding steroid dienone is 1. The van der Waals surface area contributed by atoms with E-state index < -0.39 is 0 Å². The van der Waals surface area contributed by atoms with Crippen molar-refractivity contribution in [3.8, 4) is 12.8 Å². The molecule has 1 aromatic carbocycles. The van der Waals surface area contributed by atoms with Crippen LogP contribution in [0.15, 0.2) is 43.0 Å². The Morgan fingerprint density at radius 2 is 1.67 bits per heavy atom. The molecule has 0 fully saturated rings. The van der Waals surface area contributed by atoms with Crippen molar-refractivity contribution in [2.45, 2.75) is 40.5 Å². The van der Waals surface area contributed by atoms with Crippen molar-refractivity contribution in [3.63, 3.8) is 0 Å². The molecule has 0 aromatic heterocycles. The maximum Gasteiger partial charge on any atom is -0.00994 e. The Balaban J connectivity index is -0.000000196. The molecule has 0 saturated carbocycles. The normalized spacial score (nSPS) is 7.00. The van der Waals surface area contributed by atoms with Gasteiger partial charge in [0.2, 0.25) is 0 Å². The Kier molecular flexibility index (Phi) is 25.4. The highest BCUT2D eigenvalue weighted by Crippen LogP contribution is 1.92. The summed E-state index contributed by atoms with van der Waals surface area (Å²) in [6.45, 7) is 11.6. The van der Waals surface area contributed by atoms with E-state index in [2.05, 4.69) is 38.5 Å². The lowest BCUT2D eigenvalue weighted by atomic mass is 10.2. The second-order valence-electron chi connectivity index (χ2n) is 3.18. The zero-order chi connectivity index (χ0) is 14.8. The summed E-state index contributed by atoms with van der Waals surface area (Å²) in [4.78, 5) is 1.07. The van der Waals surface area contributed by atoms with E-state index in [4.69, 9.17) is 12.2 Å². The molecular formula is C17H26S. The van der Waals surface area contributed by atoms with E-state index in [9.17, 15) is 0 Å². The Morgan fingerprint density at radius 3 is 1.83 bits per heavy atom. The average molecular weight is 262 g/mol. The SMILES string of the molecule is C#C.C=CCCC(C)=S.CC.Cc1ccccc1. The summed E-state index contributed by atoms with van der Waals surface area (Å²) in [7, 11) is 0. The first kappa shape index (κ1) is 21.9. The molecule has 0 atom stereocenters. The van der Waals surface area contributed by atoms with Gasteiger partial charge in [-0.2, -0.15) is 0 Å². The number of hydrogen-bond donors (Lipinski definition) is 0. The highest BCUT2D eigenvalue weighted by atomic mass is 32.1. The number of thiocarbonyl (C=S) groups is 1. The molecule has 0 aliphatic heterocycles. The van der Waals surface area contributed by atoms with Gasteiger partial charge in [-0.05, 0) is 31.6 Å². The molecule has 0 aliphatic carbocycles. The monoisotopic (exact) mass is 262 g/mol. The highest BCUT2D eigenvalue weighted by Gasteiger charge is 1.80. The summed E-state index contributed by atoms with van der Waals surface area (Å²) in [5.74, 6) is 0. The summed E-state index contributed by atoms with van der Waals surface area (Å²) in [6.07, 6.45) is 11.9. The molecule has 1 aromatic rings. The lowest BCUT2D eigenvalue weighted by molar-refractivity contribution is 1.11. The van der Waals surface area contributed by atoms with E-state index in [-0.39, 0.29) is 0 Å². The van der Waals surface area contributed by atoms with Crippen LogP contribution in [-0.4, -0.2) is 4.86 Å². The highest BCUT2D eigenvalue weighted by molar-refractivity contribution is 7.80. The van der Waals surface area contributed by atoms with Crippen LogP contribution in [-0.2, 0) is 0 Å². The molecule has 0 bridgehead atoms. The van der Waals surface area contributed by atoms with E-state index in [0.717, 1.165) is 17.7 Å². The standard InChI is InChI=1S/C7H8.C6H10S.C2H6.C2H2/c1-7-5-3-2-4-6-7;1-3-4-5-6(2)7;2*1-2/h2-6H,1H3;3H,1,4-5H2,2H3;1-2H3;1-2H. The minimum absolute atomic E-state index is 1.01. The maximum atomic E-state index is 4.81. The summed E-state index contributed by atoms with van der Waals surface area (Å²) in [5, 5.41) is 0. The van der Waals surface area contributed by atoms with Crippen LogP contribution in [0.25, 0.3) is 0 Å². The van der Waals surface area contributed by atoms with Crippen LogP contribution in [0.4, 0.5) is 0 Å². The van der Waals surface area contributed by atoms with Crippen LogP contribution >= 0.6 is 12.2 Å². The van der Waals surface area contributed by atoms with Crippen LogP contribution in [0.3, 0.4) is 0 Å². The van der Waals surface area contributed by atoms with Gasteiger partial charge in [-0.1, -0.05) is 68.0 Å². The summed E-state index contributed by atoms with van der Waals surface area (Å²) in [6, 6.07) is 10.3. The summed E-state index contributed by atoms with van der Waals surface area (Å²) < 4.78 is 0. The predicted octanol–water partition coefficient (Wildman–Crippen LogP) is 5.61. The van der Waals surface area contributed by atoms with Crippen molar-refractivity contribution < 1.29 is 0 Å². The van der Waals surface area contributed by atoms with Gasteiger partial charge in [-0.15, -0.1) is 19.4 Å². The van der Waals surface area contributed by atoms with Crippen LogP contribution in [0, 0.1) is 19.8 Å². The first-order valence-electron chi connectivity index (χ1n) is 6.12. The largest absolute Gasteiger partial charge is 0.124 e. The first-order valence-corrected chi connectivity index (χ1v) is 6.53. The lowest BCUT2D eigenvalue weighted by Crippen LogP contribution is -1.81. The average Bonchev–Trinajstić information content (AvgIpc) is 2.42. The fourth-order valence-corrected chi connectivity index (χ4v) is 0.958. The molecule has 0 saturated heterocycles. The fraction of sp³-hybridized carbons (Fsp3) is 0.353. The molecule has 0 spiro atoms. The third-order valence-corrected chi connectivity index (χ3v) is 1.85. The topological polar surface area (TPSA) is 0 Å². The summed E-state index contributed by atoms with van der Waals surface area (Å²) in [5.41, 5.74) is 1.32. The van der Waals surface area contributed by atoms with Gasteiger partial charge in [0.1, 0.15) is 0 Å². The van der Waals surface area contributed by atoms with Crippen molar-refractivity contribution in [3.05, 3.63) is 48.6 Å². The van der Waals surface area contributed by atoms with Gasteiger partial charge in [0.15, 0.2) is 0 Å². The molecule has 0 N–H and O–H groups in total. The van der Waals surface area contributed by atoms with Crippen LogP contribution in [0.1, 0.15) is 39.2 Å². The number of aryl methyl sites for hydroxylation is 1. The van der Waals surface area contributed by atoms with Gasteiger partial charge < -0.3 is 0 Å². The van der Waals surface area contributed by atoms with Crippen LogP contribution in [0.2, 0.25) is 0 Å². The van der Waals surface area contributed by atoms with Gasteiger partial charge in [0.25, 0.3) is 0 Å². The molecular weight excluding hydrogens is 236 g/mol. The van der Waals surface area contributed by atoms with E-state index in [0.29, 0.717) is 0 Å². The van der Waals surface area contributed by atoms with Gasteiger partial charge >= 0.3 is 0 Å². The smallest absolute Gasteiger partial charge is 0.00994 e. The molecule has 100 valence electrons. The Bertz CT molecular complexity index is 296. The molecule has 18 heavy (non-hydrogen) atoms. The third kappa shape index (κ3) is 24.0. The predicted molar refractivity (Wildman–Crippen MR) is 90.1 cm³/mol. The minimum Gasteiger partial charge on any atom is -0.124 e. The summed E-state index contributed by atoms with van der Waals surface area (Å²) >= 11 is 4.81. The van der Waals surface area contributed by atoms with E-state index in [1.54, 1.807) is 0 Å². The van der Waals surface area contributed by atoms with Crippen molar-refractivity contribution in [1.29, 1.82) is 0 Å². The number of terminal acetylenes is 1.